The molecule has 0 bridgehead atoms. The first-order valence-corrected chi connectivity index (χ1v) is 11.3. The molecule has 1 aromatic heterocycles. The molecule has 2 N–H and O–H groups in total. The molecule has 23 heavy (non-hydrogen) atoms. The Hall–Kier alpha value is -1.12. The molecular weight excluding hydrogens is 355 g/mol. The van der Waals surface area contributed by atoms with Gasteiger partial charge in [-0.25, -0.2) is 9.89 Å². The Balaban J connectivity index is 2.12. The molecular formula is C13H19N4O3PS2. The van der Waals surface area contributed by atoms with E-state index in [2.05, 4.69) is 15.6 Å². The standard InChI is InChI=1S/C13H19N4O3PS2/c1-3-19-21(22,20-4-2)23-10-12-14-15-13(18)17(12)16-11-8-6-5-7-9-11/h5-9,16H,3-4,10H2,1-2H3,(H,15,18). The summed E-state index contributed by atoms with van der Waals surface area (Å²) in [4.78, 5) is 11.9. The number of hydrogen-bond acceptors (Lipinski definition) is 7. The molecule has 7 nitrogen and oxygen atoms in total. The van der Waals surface area contributed by atoms with Crippen molar-refractivity contribution in [3.63, 3.8) is 0 Å². The normalized spacial score (nSPS) is 11.6. The molecule has 2 aromatic rings. The molecule has 0 fully saturated rings. The SMILES string of the molecule is CCOP(=S)(OCC)SCc1n[nH]c(=O)n1Nc1ccccc1. The molecule has 126 valence electrons. The number of aromatic nitrogens is 3. The lowest BCUT2D eigenvalue weighted by atomic mass is 10.3. The lowest BCUT2D eigenvalue weighted by Gasteiger charge is -2.19. The van der Waals surface area contributed by atoms with Crippen molar-refractivity contribution in [1.29, 1.82) is 0 Å². The van der Waals surface area contributed by atoms with Crippen LogP contribution in [-0.2, 0) is 26.6 Å². The Morgan fingerprint density at radius 1 is 1.30 bits per heavy atom. The predicted octanol–water partition coefficient (Wildman–Crippen LogP) is 2.98. The Kier molecular flexibility index (Phi) is 6.86. The molecule has 0 spiro atoms. The van der Waals surface area contributed by atoms with Gasteiger partial charge in [0.2, 0.25) is 5.69 Å². The van der Waals surface area contributed by atoms with Crippen LogP contribution in [0.3, 0.4) is 0 Å². The molecule has 0 radical (unpaired) electrons. The van der Waals surface area contributed by atoms with Crippen molar-refractivity contribution in [2.45, 2.75) is 19.6 Å². The maximum Gasteiger partial charge on any atom is 0.362 e. The van der Waals surface area contributed by atoms with Gasteiger partial charge < -0.3 is 9.05 Å². The summed E-state index contributed by atoms with van der Waals surface area (Å²) in [5.74, 6) is 0.924. The minimum Gasteiger partial charge on any atom is -0.322 e. The third-order valence-electron chi connectivity index (χ3n) is 2.68. The molecule has 0 amide bonds. The van der Waals surface area contributed by atoms with Crippen molar-refractivity contribution < 1.29 is 9.05 Å². The number of aromatic amines is 1. The second kappa shape index (κ2) is 8.65. The van der Waals surface area contributed by atoms with E-state index in [4.69, 9.17) is 20.9 Å². The van der Waals surface area contributed by atoms with E-state index in [1.165, 1.54) is 16.1 Å². The number of H-pyrrole nitrogens is 1. The molecule has 0 saturated carbocycles. The fourth-order valence-electron chi connectivity index (χ4n) is 1.75. The Labute approximate surface area is 143 Å². The maximum absolute atomic E-state index is 11.9. The fourth-order valence-corrected chi connectivity index (χ4v) is 6.08. The van der Waals surface area contributed by atoms with Crippen molar-refractivity contribution in [1.82, 2.24) is 14.9 Å². The summed E-state index contributed by atoms with van der Waals surface area (Å²) in [6, 6.07) is 9.39. The molecule has 0 unspecified atom stereocenters. The highest BCUT2D eigenvalue weighted by atomic mass is 32.9. The van der Waals surface area contributed by atoms with Crippen LogP contribution < -0.4 is 11.1 Å². The Bertz CT molecular complexity index is 710. The second-order valence-electron chi connectivity index (χ2n) is 4.31. The number of hydrogen-bond donors (Lipinski definition) is 2. The van der Waals surface area contributed by atoms with Gasteiger partial charge in [-0.2, -0.15) is 9.77 Å². The summed E-state index contributed by atoms with van der Waals surface area (Å²) in [5, 5.41) is 6.47. The zero-order valence-electron chi connectivity index (χ0n) is 12.9. The minimum absolute atomic E-state index is 0.342. The van der Waals surface area contributed by atoms with Gasteiger partial charge in [0, 0.05) is 0 Å². The van der Waals surface area contributed by atoms with Crippen LogP contribution >= 0.6 is 17.1 Å². The van der Waals surface area contributed by atoms with Crippen LogP contribution in [0.5, 0.6) is 0 Å². The first kappa shape index (κ1) is 18.2. The van der Waals surface area contributed by atoms with Crippen molar-refractivity contribution in [2.75, 3.05) is 18.6 Å². The van der Waals surface area contributed by atoms with Crippen LogP contribution in [0.4, 0.5) is 5.69 Å². The molecule has 0 aliphatic carbocycles. The number of rotatable bonds is 9. The average Bonchev–Trinajstić information content (AvgIpc) is 2.88. The van der Waals surface area contributed by atoms with E-state index >= 15 is 0 Å². The molecule has 2 rings (SSSR count). The second-order valence-corrected chi connectivity index (χ2v) is 10.6. The van der Waals surface area contributed by atoms with E-state index in [0.29, 0.717) is 24.8 Å². The van der Waals surface area contributed by atoms with Crippen LogP contribution in [-0.4, -0.2) is 28.1 Å². The van der Waals surface area contributed by atoms with Crippen LogP contribution in [0, 0.1) is 0 Å². The maximum atomic E-state index is 11.9. The van der Waals surface area contributed by atoms with Gasteiger partial charge in [0.25, 0.3) is 0 Å². The van der Waals surface area contributed by atoms with Crippen LogP contribution in [0.2, 0.25) is 0 Å². The van der Waals surface area contributed by atoms with E-state index in [1.54, 1.807) is 0 Å². The number of nitrogens with zero attached hydrogens (tertiary/aromatic N) is 2. The van der Waals surface area contributed by atoms with Gasteiger partial charge >= 0.3 is 5.69 Å². The highest BCUT2D eigenvalue weighted by Crippen LogP contribution is 2.61. The largest absolute Gasteiger partial charge is 0.362 e. The Morgan fingerprint density at radius 3 is 2.57 bits per heavy atom. The predicted molar refractivity (Wildman–Crippen MR) is 97.1 cm³/mol. The van der Waals surface area contributed by atoms with E-state index < -0.39 is 5.69 Å². The van der Waals surface area contributed by atoms with Gasteiger partial charge in [-0.3, -0.25) is 5.43 Å². The van der Waals surface area contributed by atoms with Crippen molar-refractivity contribution in [2.24, 2.45) is 0 Å². The first-order chi connectivity index (χ1) is 11.1. The molecule has 1 aromatic carbocycles. The van der Waals surface area contributed by atoms with Gasteiger partial charge in [0.1, 0.15) is 0 Å². The number of para-hydroxylation sites is 1. The van der Waals surface area contributed by atoms with Gasteiger partial charge in [-0.1, -0.05) is 29.6 Å². The lowest BCUT2D eigenvalue weighted by Crippen LogP contribution is -2.25. The smallest absolute Gasteiger partial charge is 0.322 e. The molecule has 1 heterocycles. The first-order valence-electron chi connectivity index (χ1n) is 7.10. The molecule has 0 aliphatic rings. The van der Waals surface area contributed by atoms with Crippen molar-refractivity contribution >= 4 is 34.6 Å². The molecule has 0 saturated heterocycles. The van der Waals surface area contributed by atoms with Crippen LogP contribution in [0.25, 0.3) is 0 Å². The Morgan fingerprint density at radius 2 is 1.96 bits per heavy atom. The zero-order chi connectivity index (χ0) is 16.7. The topological polar surface area (TPSA) is 81.2 Å². The van der Waals surface area contributed by atoms with Crippen LogP contribution in [0.15, 0.2) is 35.1 Å². The van der Waals surface area contributed by atoms with E-state index in [9.17, 15) is 4.79 Å². The minimum atomic E-state index is -2.42. The number of anilines is 1. The highest BCUT2D eigenvalue weighted by Gasteiger charge is 2.21. The molecule has 10 heteroatoms. The summed E-state index contributed by atoms with van der Waals surface area (Å²) >= 11 is 6.83. The lowest BCUT2D eigenvalue weighted by molar-refractivity contribution is 0.280. The van der Waals surface area contributed by atoms with Crippen LogP contribution in [0.1, 0.15) is 19.7 Å². The summed E-state index contributed by atoms with van der Waals surface area (Å²) in [5.41, 5.74) is 1.04. The summed E-state index contributed by atoms with van der Waals surface area (Å²) < 4.78 is 12.5. The molecule has 0 aliphatic heterocycles. The third-order valence-corrected chi connectivity index (χ3v) is 8.08. The van der Waals surface area contributed by atoms with E-state index in [0.717, 1.165) is 5.69 Å². The number of nitrogens with one attached hydrogen (secondary N) is 2. The van der Waals surface area contributed by atoms with Crippen molar-refractivity contribution in [3.8, 4) is 0 Å². The zero-order valence-corrected chi connectivity index (χ0v) is 15.4. The fraction of sp³-hybridized carbons (Fsp3) is 0.385. The average molecular weight is 374 g/mol. The quantitative estimate of drug-likeness (QED) is 0.653. The van der Waals surface area contributed by atoms with Crippen molar-refractivity contribution in [3.05, 3.63) is 46.6 Å². The van der Waals surface area contributed by atoms with Gasteiger partial charge in [0.05, 0.1) is 24.7 Å². The van der Waals surface area contributed by atoms with Gasteiger partial charge in [-0.15, -0.1) is 0 Å². The van der Waals surface area contributed by atoms with Gasteiger partial charge in [0.15, 0.2) is 5.82 Å². The summed E-state index contributed by atoms with van der Waals surface area (Å²) in [7, 11) is 0. The van der Waals surface area contributed by atoms with E-state index in [-0.39, 0.29) is 5.69 Å². The number of benzene rings is 1. The van der Waals surface area contributed by atoms with Gasteiger partial charge in [-0.05, 0) is 37.8 Å². The monoisotopic (exact) mass is 374 g/mol. The van der Waals surface area contributed by atoms with E-state index in [1.807, 2.05) is 44.2 Å². The summed E-state index contributed by atoms with van der Waals surface area (Å²) in [6.07, 6.45) is 0. The summed E-state index contributed by atoms with van der Waals surface area (Å²) in [6.45, 7) is 4.73. The third kappa shape index (κ3) is 5.19. The molecule has 0 atom stereocenters. The highest BCUT2D eigenvalue weighted by molar-refractivity contribution is 8.67.